The van der Waals surface area contributed by atoms with Crippen molar-refractivity contribution >= 4 is 28.8 Å². The van der Waals surface area contributed by atoms with Crippen molar-refractivity contribution in [1.29, 1.82) is 0 Å². The molecule has 27 heavy (non-hydrogen) atoms. The highest BCUT2D eigenvalue weighted by molar-refractivity contribution is 6.29. The Balaban J connectivity index is 1.41. The Hall–Kier alpha value is -2.16. The van der Waals surface area contributed by atoms with Crippen molar-refractivity contribution in [3.8, 4) is 0 Å². The van der Waals surface area contributed by atoms with E-state index in [2.05, 4.69) is 25.2 Å². The first-order valence-electron chi connectivity index (χ1n) is 9.21. The molecule has 4 heterocycles. The van der Waals surface area contributed by atoms with Crippen LogP contribution in [-0.4, -0.2) is 65.1 Å². The summed E-state index contributed by atoms with van der Waals surface area (Å²) in [6.45, 7) is 8.07. The van der Waals surface area contributed by atoms with Gasteiger partial charge in [0.25, 0.3) is 5.56 Å². The zero-order valence-electron chi connectivity index (χ0n) is 15.3. The molecule has 0 saturated carbocycles. The molecule has 0 bridgehead atoms. The van der Waals surface area contributed by atoms with Crippen molar-refractivity contribution in [3.63, 3.8) is 0 Å². The molecule has 9 heteroatoms. The third-order valence-corrected chi connectivity index (χ3v) is 5.26. The summed E-state index contributed by atoms with van der Waals surface area (Å²) in [5, 5.41) is 7.30. The Morgan fingerprint density at radius 2 is 2.04 bits per heavy atom. The molecule has 0 atom stereocenters. The molecular weight excluding hydrogens is 368 g/mol. The monoisotopic (exact) mass is 390 g/mol. The Morgan fingerprint density at radius 3 is 2.63 bits per heavy atom. The molecule has 0 spiro atoms. The third kappa shape index (κ3) is 3.92. The second-order valence-corrected chi connectivity index (χ2v) is 7.13. The van der Waals surface area contributed by atoms with Crippen molar-refractivity contribution < 1.29 is 4.74 Å². The van der Waals surface area contributed by atoms with Gasteiger partial charge in [-0.2, -0.15) is 5.10 Å². The fourth-order valence-electron chi connectivity index (χ4n) is 3.38. The summed E-state index contributed by atoms with van der Waals surface area (Å²) in [5.74, 6) is 0.603. The van der Waals surface area contributed by atoms with E-state index in [0.29, 0.717) is 24.1 Å². The first-order chi connectivity index (χ1) is 13.1. The zero-order chi connectivity index (χ0) is 18.8. The van der Waals surface area contributed by atoms with Crippen molar-refractivity contribution in [2.24, 2.45) is 0 Å². The van der Waals surface area contributed by atoms with Crippen LogP contribution in [0.3, 0.4) is 0 Å². The first kappa shape index (κ1) is 18.2. The summed E-state index contributed by atoms with van der Waals surface area (Å²) in [7, 11) is 0. The summed E-state index contributed by atoms with van der Waals surface area (Å²) in [6.07, 6.45) is 1.84. The summed E-state index contributed by atoms with van der Waals surface area (Å²) >= 11 is 5.99. The van der Waals surface area contributed by atoms with Gasteiger partial charge in [-0.15, -0.1) is 0 Å². The van der Waals surface area contributed by atoms with E-state index in [0.717, 1.165) is 45.1 Å². The van der Waals surface area contributed by atoms with Gasteiger partial charge in [-0.25, -0.2) is 9.67 Å². The van der Waals surface area contributed by atoms with Crippen LogP contribution in [0.25, 0.3) is 0 Å². The fraction of sp³-hybridized carbons (Fsp3) is 0.500. The molecule has 4 rings (SSSR count). The second-order valence-electron chi connectivity index (χ2n) is 6.74. The van der Waals surface area contributed by atoms with Gasteiger partial charge in [0.2, 0.25) is 0 Å². The minimum absolute atomic E-state index is 0.219. The van der Waals surface area contributed by atoms with Crippen molar-refractivity contribution in [3.05, 3.63) is 39.9 Å². The van der Waals surface area contributed by atoms with Crippen molar-refractivity contribution in [2.45, 2.75) is 19.5 Å². The number of rotatable bonds is 5. The SMILES string of the molecule is CCn1nc(Cl)cc(Nc2ccc(N3CCN(C4COC4)CC3)cn2)c1=O. The lowest BCUT2D eigenvalue weighted by atomic mass is 10.2. The molecule has 0 aromatic carbocycles. The summed E-state index contributed by atoms with van der Waals surface area (Å²) in [5.41, 5.74) is 1.24. The second kappa shape index (κ2) is 7.84. The van der Waals surface area contributed by atoms with Crippen LogP contribution in [0.2, 0.25) is 5.15 Å². The molecule has 0 unspecified atom stereocenters. The molecule has 144 valence electrons. The normalized spacial score (nSPS) is 18.4. The number of anilines is 3. The lowest BCUT2D eigenvalue weighted by Gasteiger charge is -2.43. The molecule has 2 aromatic heterocycles. The van der Waals surface area contributed by atoms with Gasteiger partial charge in [-0.3, -0.25) is 9.69 Å². The number of aryl methyl sites for hydroxylation is 1. The maximum absolute atomic E-state index is 12.3. The van der Waals surface area contributed by atoms with E-state index in [1.807, 2.05) is 25.3 Å². The average Bonchev–Trinajstić information content (AvgIpc) is 2.64. The van der Waals surface area contributed by atoms with Crippen LogP contribution in [-0.2, 0) is 11.3 Å². The van der Waals surface area contributed by atoms with Gasteiger partial charge in [-0.05, 0) is 19.1 Å². The number of nitrogens with one attached hydrogen (secondary N) is 1. The zero-order valence-corrected chi connectivity index (χ0v) is 16.0. The molecular formula is C18H23ClN6O2. The van der Waals surface area contributed by atoms with Crippen LogP contribution >= 0.6 is 11.6 Å². The van der Waals surface area contributed by atoms with E-state index in [9.17, 15) is 4.79 Å². The standard InChI is InChI=1S/C18H23ClN6O2/c1-2-25-18(26)15(9-16(19)22-25)21-17-4-3-13(10-20-17)23-5-7-24(8-6-23)14-11-27-12-14/h3-4,9-10,14H,2,5-8,11-12H2,1H3,(H,20,21). The highest BCUT2D eigenvalue weighted by atomic mass is 35.5. The molecule has 0 aliphatic carbocycles. The predicted octanol–water partition coefficient (Wildman–Crippen LogP) is 1.58. The van der Waals surface area contributed by atoms with Crippen molar-refractivity contribution in [2.75, 3.05) is 49.6 Å². The first-order valence-corrected chi connectivity index (χ1v) is 9.59. The quantitative estimate of drug-likeness (QED) is 0.830. The summed E-state index contributed by atoms with van der Waals surface area (Å²) in [6, 6.07) is 6.02. The number of ether oxygens (including phenoxy) is 1. The van der Waals surface area contributed by atoms with Crippen LogP contribution in [0.1, 0.15) is 6.92 Å². The topological polar surface area (TPSA) is 75.5 Å². The number of piperazine rings is 1. The van der Waals surface area contributed by atoms with Crippen LogP contribution in [0.4, 0.5) is 17.2 Å². The van der Waals surface area contributed by atoms with Crippen LogP contribution < -0.4 is 15.8 Å². The van der Waals surface area contributed by atoms with E-state index in [1.54, 1.807) is 0 Å². The molecule has 2 aliphatic rings. The minimum Gasteiger partial charge on any atom is -0.378 e. The lowest BCUT2D eigenvalue weighted by Crippen LogP contribution is -2.56. The highest BCUT2D eigenvalue weighted by Crippen LogP contribution is 2.21. The van der Waals surface area contributed by atoms with Gasteiger partial charge in [0.15, 0.2) is 5.15 Å². The smallest absolute Gasteiger partial charge is 0.290 e. The maximum atomic E-state index is 12.3. The average molecular weight is 391 g/mol. The minimum atomic E-state index is -0.219. The molecule has 0 amide bonds. The van der Waals surface area contributed by atoms with Gasteiger partial charge in [-0.1, -0.05) is 11.6 Å². The van der Waals surface area contributed by atoms with Gasteiger partial charge in [0.05, 0.1) is 31.1 Å². The van der Waals surface area contributed by atoms with Gasteiger partial charge in [0, 0.05) is 38.8 Å². The van der Waals surface area contributed by atoms with Crippen LogP contribution in [0.5, 0.6) is 0 Å². The third-order valence-electron chi connectivity index (χ3n) is 5.07. The fourth-order valence-corrected chi connectivity index (χ4v) is 3.58. The van der Waals surface area contributed by atoms with Crippen LogP contribution in [0.15, 0.2) is 29.2 Å². The Kier molecular flexibility index (Phi) is 5.29. The highest BCUT2D eigenvalue weighted by Gasteiger charge is 2.28. The van der Waals surface area contributed by atoms with Crippen molar-refractivity contribution in [1.82, 2.24) is 19.7 Å². The van der Waals surface area contributed by atoms with E-state index < -0.39 is 0 Å². The Bertz CT molecular complexity index is 844. The predicted molar refractivity (Wildman–Crippen MR) is 105 cm³/mol. The Morgan fingerprint density at radius 1 is 1.26 bits per heavy atom. The van der Waals surface area contributed by atoms with Gasteiger partial charge in [0.1, 0.15) is 11.5 Å². The van der Waals surface area contributed by atoms with E-state index in [1.165, 1.54) is 10.7 Å². The lowest BCUT2D eigenvalue weighted by molar-refractivity contribution is -0.0660. The van der Waals surface area contributed by atoms with Crippen LogP contribution in [0, 0.1) is 0 Å². The maximum Gasteiger partial charge on any atom is 0.290 e. The summed E-state index contributed by atoms with van der Waals surface area (Å²) in [4.78, 5) is 21.6. The van der Waals surface area contributed by atoms with Gasteiger partial charge < -0.3 is 15.0 Å². The number of hydrogen-bond acceptors (Lipinski definition) is 7. The molecule has 0 radical (unpaired) electrons. The Labute approximate surface area is 162 Å². The van der Waals surface area contributed by atoms with E-state index in [4.69, 9.17) is 16.3 Å². The van der Waals surface area contributed by atoms with Gasteiger partial charge >= 0.3 is 0 Å². The largest absolute Gasteiger partial charge is 0.378 e. The molecule has 8 nitrogen and oxygen atoms in total. The van der Waals surface area contributed by atoms with E-state index >= 15 is 0 Å². The number of hydrogen-bond donors (Lipinski definition) is 1. The molecule has 2 aliphatic heterocycles. The molecule has 2 fully saturated rings. The number of nitrogens with zero attached hydrogens (tertiary/aromatic N) is 5. The number of aromatic nitrogens is 3. The summed E-state index contributed by atoms with van der Waals surface area (Å²) < 4.78 is 6.61. The number of pyridine rings is 1. The van der Waals surface area contributed by atoms with E-state index in [-0.39, 0.29) is 10.7 Å². The molecule has 1 N–H and O–H groups in total. The molecule has 2 saturated heterocycles. The molecule has 2 aromatic rings. The number of halogens is 1.